The fourth-order valence-corrected chi connectivity index (χ4v) is 6.29. The lowest BCUT2D eigenvalue weighted by atomic mass is 9.84. The lowest BCUT2D eigenvalue weighted by molar-refractivity contribution is -0.186. The van der Waals surface area contributed by atoms with E-state index in [1.807, 2.05) is 6.07 Å². The van der Waals surface area contributed by atoms with Gasteiger partial charge in [-0.1, -0.05) is 25.7 Å². The number of hydrogen-bond donors (Lipinski definition) is 0. The maximum atomic E-state index is 14.0. The second-order valence-corrected chi connectivity index (χ2v) is 11.1. The van der Waals surface area contributed by atoms with Crippen molar-refractivity contribution in [1.82, 2.24) is 14.9 Å². The number of carbonyl (C=O) groups is 2. The van der Waals surface area contributed by atoms with E-state index in [-0.39, 0.29) is 29.4 Å². The van der Waals surface area contributed by atoms with E-state index in [0.29, 0.717) is 51.2 Å². The third kappa shape index (κ3) is 5.90. The van der Waals surface area contributed by atoms with Gasteiger partial charge in [-0.15, -0.1) is 0 Å². The Labute approximate surface area is 219 Å². The summed E-state index contributed by atoms with van der Waals surface area (Å²) < 4.78 is 23.7. The molecule has 4 heterocycles. The summed E-state index contributed by atoms with van der Waals surface area (Å²) in [5.74, 6) is -2.33. The zero-order valence-electron chi connectivity index (χ0n) is 22.3. The minimum Gasteiger partial charge on any atom is -0.473 e. The summed E-state index contributed by atoms with van der Waals surface area (Å²) in [7, 11) is 2.11. The first-order chi connectivity index (χ1) is 18.0. The van der Waals surface area contributed by atoms with Crippen LogP contribution in [0.25, 0.3) is 0 Å². The summed E-state index contributed by atoms with van der Waals surface area (Å²) in [4.78, 5) is 39.4. The molecule has 9 heteroatoms. The van der Waals surface area contributed by atoms with E-state index >= 15 is 0 Å². The molecule has 1 aliphatic carbocycles. The zero-order valence-corrected chi connectivity index (χ0v) is 22.3. The molecule has 1 saturated carbocycles. The van der Waals surface area contributed by atoms with Crippen LogP contribution >= 0.6 is 0 Å². The van der Waals surface area contributed by atoms with Crippen LogP contribution in [0.1, 0.15) is 93.4 Å². The summed E-state index contributed by atoms with van der Waals surface area (Å²) in [6.45, 7) is 5.05. The van der Waals surface area contributed by atoms with Gasteiger partial charge in [-0.25, -0.2) is 4.98 Å². The van der Waals surface area contributed by atoms with Crippen molar-refractivity contribution < 1.29 is 28.5 Å². The predicted molar refractivity (Wildman–Crippen MR) is 136 cm³/mol. The molecular formula is C28H41N3O6. The number of nitrogens with zero attached hydrogens (tertiary/aromatic N) is 3. The Morgan fingerprint density at radius 1 is 1.05 bits per heavy atom. The van der Waals surface area contributed by atoms with Crippen LogP contribution in [-0.4, -0.2) is 84.4 Å². The minimum atomic E-state index is -1.32. The molecule has 3 saturated heterocycles. The number of carbonyl (C=O) groups excluding carboxylic acids is 2. The first kappa shape index (κ1) is 26.7. The molecule has 0 bridgehead atoms. The lowest BCUT2D eigenvalue weighted by Gasteiger charge is -2.30. The van der Waals surface area contributed by atoms with Gasteiger partial charge in [0, 0.05) is 31.1 Å². The molecule has 1 aromatic heterocycles. The summed E-state index contributed by atoms with van der Waals surface area (Å²) in [6.07, 6.45) is 8.62. The molecule has 0 amide bonds. The van der Waals surface area contributed by atoms with Crippen molar-refractivity contribution in [2.24, 2.45) is 5.92 Å². The zero-order chi connectivity index (χ0) is 25.8. The van der Waals surface area contributed by atoms with Gasteiger partial charge in [0.2, 0.25) is 23.2 Å². The van der Waals surface area contributed by atoms with Crippen LogP contribution in [0.2, 0.25) is 0 Å². The van der Waals surface area contributed by atoms with E-state index in [1.54, 1.807) is 0 Å². The molecule has 37 heavy (non-hydrogen) atoms. The standard InChI is InChI=1S/C28H41N3O6/c1-19(23-10-8-13-31(23)2)37-24-17-22(20-11-14-34-18-20)29-27(30-24)25(32)21-9-6-4-3-5-7-12-28(26(21)33)35-15-16-36-28/h17,19-21,23H,3-16,18H2,1-2H3/t19-,20-,21?,23-/m0/s1. The van der Waals surface area contributed by atoms with E-state index < -0.39 is 11.7 Å². The molecule has 9 nitrogen and oxygen atoms in total. The lowest BCUT2D eigenvalue weighted by Crippen LogP contribution is -2.46. The van der Waals surface area contributed by atoms with Gasteiger partial charge in [-0.05, 0) is 52.6 Å². The third-order valence-electron chi connectivity index (χ3n) is 8.48. The Morgan fingerprint density at radius 3 is 2.57 bits per heavy atom. The number of ketones is 2. The topological polar surface area (TPSA) is 100 Å². The van der Waals surface area contributed by atoms with Crippen molar-refractivity contribution in [3.8, 4) is 5.88 Å². The minimum absolute atomic E-state index is 0.0509. The van der Waals surface area contributed by atoms with Gasteiger partial charge in [0.15, 0.2) is 5.82 Å². The average molecular weight is 516 g/mol. The SMILES string of the molecule is C[C@H](Oc1cc([C@H]2CCOC2)nc(C(=O)C2CCCCCCCC3(OCCO3)C2=O)n1)[C@@H]1CCCN1C. The molecule has 0 radical (unpaired) electrons. The molecule has 4 atom stereocenters. The largest absolute Gasteiger partial charge is 0.473 e. The van der Waals surface area contributed by atoms with Crippen molar-refractivity contribution in [2.45, 2.75) is 95.0 Å². The van der Waals surface area contributed by atoms with Gasteiger partial charge < -0.3 is 18.9 Å². The quantitative estimate of drug-likeness (QED) is 0.415. The second-order valence-electron chi connectivity index (χ2n) is 11.1. The Kier molecular flexibility index (Phi) is 8.53. The van der Waals surface area contributed by atoms with E-state index in [9.17, 15) is 9.59 Å². The van der Waals surface area contributed by atoms with Crippen LogP contribution in [-0.2, 0) is 19.0 Å². The van der Waals surface area contributed by atoms with Gasteiger partial charge in [-0.2, -0.15) is 4.98 Å². The summed E-state index contributed by atoms with van der Waals surface area (Å²) in [5, 5.41) is 0. The third-order valence-corrected chi connectivity index (χ3v) is 8.48. The van der Waals surface area contributed by atoms with Gasteiger partial charge in [0.25, 0.3) is 0 Å². The molecule has 0 aromatic carbocycles. The first-order valence-corrected chi connectivity index (χ1v) is 14.2. The van der Waals surface area contributed by atoms with Crippen molar-refractivity contribution in [3.63, 3.8) is 0 Å². The smallest absolute Gasteiger partial charge is 0.229 e. The van der Waals surface area contributed by atoms with E-state index in [4.69, 9.17) is 23.9 Å². The normalized spacial score (nSPS) is 30.0. The summed E-state index contributed by atoms with van der Waals surface area (Å²) >= 11 is 0. The Bertz CT molecular complexity index is 959. The Hall–Kier alpha value is -1.94. The van der Waals surface area contributed by atoms with Crippen LogP contribution in [0, 0.1) is 5.92 Å². The highest BCUT2D eigenvalue weighted by molar-refractivity contribution is 6.11. The number of aromatic nitrogens is 2. The molecule has 1 aromatic rings. The molecule has 4 fully saturated rings. The number of rotatable bonds is 6. The number of ether oxygens (including phenoxy) is 4. The predicted octanol–water partition coefficient (Wildman–Crippen LogP) is 3.70. The first-order valence-electron chi connectivity index (χ1n) is 14.2. The molecule has 0 N–H and O–H groups in total. The molecule has 4 aliphatic rings. The molecule has 5 rings (SSSR count). The highest BCUT2D eigenvalue weighted by atomic mass is 16.7. The Balaban J connectivity index is 1.44. The highest BCUT2D eigenvalue weighted by Gasteiger charge is 2.49. The molecule has 1 spiro atoms. The van der Waals surface area contributed by atoms with Crippen LogP contribution in [0.15, 0.2) is 6.07 Å². The molecule has 1 unspecified atom stereocenters. The number of hydrogen-bond acceptors (Lipinski definition) is 9. The van der Waals surface area contributed by atoms with Crippen molar-refractivity contribution in [3.05, 3.63) is 17.6 Å². The number of Topliss-reactive ketones (excluding diaryl/α,β-unsaturated/α-hetero) is 2. The van der Waals surface area contributed by atoms with Gasteiger partial charge in [-0.3, -0.25) is 14.5 Å². The number of likely N-dealkylation sites (N-methyl/N-ethyl adjacent to an activating group) is 1. The molecule has 3 aliphatic heterocycles. The van der Waals surface area contributed by atoms with E-state index in [1.165, 1.54) is 0 Å². The van der Waals surface area contributed by atoms with Crippen molar-refractivity contribution in [2.75, 3.05) is 40.0 Å². The fourth-order valence-electron chi connectivity index (χ4n) is 6.29. The van der Waals surface area contributed by atoms with Crippen LogP contribution in [0.3, 0.4) is 0 Å². The van der Waals surface area contributed by atoms with E-state index in [0.717, 1.165) is 63.6 Å². The summed E-state index contributed by atoms with van der Waals surface area (Å²) in [6, 6.07) is 2.14. The maximum Gasteiger partial charge on any atom is 0.229 e. The maximum absolute atomic E-state index is 14.0. The van der Waals surface area contributed by atoms with E-state index in [2.05, 4.69) is 23.9 Å². The van der Waals surface area contributed by atoms with Crippen molar-refractivity contribution in [1.29, 1.82) is 0 Å². The van der Waals surface area contributed by atoms with Gasteiger partial charge >= 0.3 is 0 Å². The molecular weight excluding hydrogens is 474 g/mol. The van der Waals surface area contributed by atoms with Crippen LogP contribution < -0.4 is 4.74 Å². The summed E-state index contributed by atoms with van der Waals surface area (Å²) in [5.41, 5.74) is 0.744. The number of likely N-dealkylation sites (tertiary alicyclic amines) is 1. The highest BCUT2D eigenvalue weighted by Crippen LogP contribution is 2.35. The van der Waals surface area contributed by atoms with Crippen LogP contribution in [0.4, 0.5) is 0 Å². The average Bonchev–Trinajstić information content (AvgIpc) is 3.67. The van der Waals surface area contributed by atoms with Gasteiger partial charge in [0.1, 0.15) is 6.10 Å². The second kappa shape index (κ2) is 11.8. The van der Waals surface area contributed by atoms with Crippen LogP contribution in [0.5, 0.6) is 5.88 Å². The Morgan fingerprint density at radius 2 is 1.84 bits per heavy atom. The van der Waals surface area contributed by atoms with Crippen molar-refractivity contribution >= 4 is 11.6 Å². The fraction of sp³-hybridized carbons (Fsp3) is 0.786. The van der Waals surface area contributed by atoms with Gasteiger partial charge in [0.05, 0.1) is 31.4 Å². The monoisotopic (exact) mass is 515 g/mol. The molecule has 204 valence electrons.